The van der Waals surface area contributed by atoms with Crippen LogP contribution in [0.2, 0.25) is 0 Å². The third-order valence-electron chi connectivity index (χ3n) is 6.30. The lowest BCUT2D eigenvalue weighted by Gasteiger charge is -2.24. The molecular weight excluding hydrogens is 470 g/mol. The number of thioether (sulfide) groups is 1. The highest BCUT2D eigenvalue weighted by Crippen LogP contribution is 2.34. The molecule has 0 saturated carbocycles. The van der Waals surface area contributed by atoms with Gasteiger partial charge in [0.25, 0.3) is 5.91 Å². The first-order valence-electron chi connectivity index (χ1n) is 11.6. The van der Waals surface area contributed by atoms with E-state index in [0.717, 1.165) is 26.3 Å². The van der Waals surface area contributed by atoms with Crippen molar-refractivity contribution < 1.29 is 14.4 Å². The third kappa shape index (κ3) is 4.57. The molecule has 1 aliphatic heterocycles. The number of hydrogen-bond acceptors (Lipinski definition) is 4. The fourth-order valence-electron chi connectivity index (χ4n) is 4.45. The lowest BCUT2D eigenvalue weighted by atomic mass is 9.88. The molecule has 180 valence electrons. The Bertz CT molecular complexity index is 1450. The van der Waals surface area contributed by atoms with E-state index in [0.29, 0.717) is 11.3 Å². The highest BCUT2D eigenvalue weighted by molar-refractivity contribution is 7.98. The van der Waals surface area contributed by atoms with Gasteiger partial charge in [0.2, 0.25) is 5.91 Å². The van der Waals surface area contributed by atoms with Crippen molar-refractivity contribution in [2.75, 3.05) is 11.9 Å². The molecule has 6 nitrogen and oxygen atoms in total. The van der Waals surface area contributed by atoms with Crippen molar-refractivity contribution >= 4 is 46.1 Å². The van der Waals surface area contributed by atoms with Gasteiger partial charge in [-0.15, -0.1) is 11.8 Å². The van der Waals surface area contributed by atoms with Gasteiger partial charge in [-0.2, -0.15) is 0 Å². The number of amides is 4. The highest BCUT2D eigenvalue weighted by atomic mass is 32.2. The van der Waals surface area contributed by atoms with E-state index >= 15 is 0 Å². The lowest BCUT2D eigenvalue weighted by molar-refractivity contribution is -0.133. The number of urea groups is 1. The summed E-state index contributed by atoms with van der Waals surface area (Å²) in [4.78, 5) is 41.1. The smallest absolute Gasteiger partial charge is 0.324 e. The molecule has 1 saturated heterocycles. The van der Waals surface area contributed by atoms with Crippen LogP contribution < -0.4 is 10.6 Å². The second-order valence-electron chi connectivity index (χ2n) is 8.79. The van der Waals surface area contributed by atoms with Crippen molar-refractivity contribution in [2.24, 2.45) is 0 Å². The summed E-state index contributed by atoms with van der Waals surface area (Å²) < 4.78 is 0. The Morgan fingerprint density at radius 2 is 1.58 bits per heavy atom. The maximum Gasteiger partial charge on any atom is 0.325 e. The molecule has 4 aromatic carbocycles. The summed E-state index contributed by atoms with van der Waals surface area (Å²) in [7, 11) is 0. The van der Waals surface area contributed by atoms with Gasteiger partial charge in [0.15, 0.2) is 0 Å². The summed E-state index contributed by atoms with van der Waals surface area (Å²) in [6, 6.07) is 30.4. The molecule has 1 fully saturated rings. The molecule has 7 heteroatoms. The summed E-state index contributed by atoms with van der Waals surface area (Å²) in [6.45, 7) is 1.31. The second-order valence-corrected chi connectivity index (χ2v) is 9.81. The Labute approximate surface area is 213 Å². The molecule has 1 atom stereocenters. The molecule has 1 aliphatic rings. The van der Waals surface area contributed by atoms with Crippen LogP contribution in [-0.4, -0.2) is 29.3 Å². The van der Waals surface area contributed by atoms with E-state index in [1.54, 1.807) is 18.7 Å². The lowest BCUT2D eigenvalue weighted by Crippen LogP contribution is -2.42. The van der Waals surface area contributed by atoms with E-state index in [1.807, 2.05) is 84.9 Å². The molecule has 4 aromatic rings. The number of fused-ring (bicyclic) bond motifs is 1. The zero-order valence-electron chi connectivity index (χ0n) is 19.7. The monoisotopic (exact) mass is 495 g/mol. The normalized spacial score (nSPS) is 17.3. The predicted octanol–water partition coefficient (Wildman–Crippen LogP) is 5.54. The van der Waals surface area contributed by atoms with E-state index < -0.39 is 23.4 Å². The number of carbonyl (C=O) groups is 3. The van der Waals surface area contributed by atoms with Crippen molar-refractivity contribution in [1.29, 1.82) is 0 Å². The summed E-state index contributed by atoms with van der Waals surface area (Å²) in [6.07, 6.45) is 0. The molecule has 2 N–H and O–H groups in total. The number of anilines is 1. The van der Waals surface area contributed by atoms with Crippen LogP contribution in [0.1, 0.15) is 18.1 Å². The number of benzene rings is 4. The van der Waals surface area contributed by atoms with Crippen molar-refractivity contribution in [3.8, 4) is 0 Å². The summed E-state index contributed by atoms with van der Waals surface area (Å²) in [5, 5.41) is 7.54. The van der Waals surface area contributed by atoms with Gasteiger partial charge in [-0.3, -0.25) is 14.5 Å². The van der Waals surface area contributed by atoms with Gasteiger partial charge in [-0.05, 0) is 41.0 Å². The van der Waals surface area contributed by atoms with Crippen LogP contribution in [0, 0.1) is 0 Å². The van der Waals surface area contributed by atoms with Gasteiger partial charge < -0.3 is 10.6 Å². The number of hydrogen-bond donors (Lipinski definition) is 2. The zero-order valence-corrected chi connectivity index (χ0v) is 20.5. The van der Waals surface area contributed by atoms with Crippen LogP contribution in [0.5, 0.6) is 0 Å². The van der Waals surface area contributed by atoms with E-state index in [9.17, 15) is 14.4 Å². The first-order valence-corrected chi connectivity index (χ1v) is 12.6. The summed E-state index contributed by atoms with van der Waals surface area (Å²) in [5.41, 5.74) is 1.26. The number of carbonyl (C=O) groups excluding carboxylic acids is 3. The van der Waals surface area contributed by atoms with Crippen LogP contribution in [0.25, 0.3) is 10.8 Å². The van der Waals surface area contributed by atoms with E-state index in [2.05, 4.69) is 22.8 Å². The maximum absolute atomic E-state index is 13.5. The number of nitrogens with one attached hydrogen (secondary N) is 2. The molecule has 0 aromatic heterocycles. The SMILES string of the molecule is C[C@@]1(c2cccc3ccccc23)NC(=O)N(CC(=O)Nc2ccccc2SCc2ccccc2)C1=O. The minimum absolute atomic E-state index is 0.372. The summed E-state index contributed by atoms with van der Waals surface area (Å²) >= 11 is 1.61. The van der Waals surface area contributed by atoms with Crippen LogP contribution in [-0.2, 0) is 20.9 Å². The Balaban J connectivity index is 1.31. The van der Waals surface area contributed by atoms with E-state index in [-0.39, 0.29) is 6.54 Å². The second kappa shape index (κ2) is 9.87. The van der Waals surface area contributed by atoms with Gasteiger partial charge in [-0.25, -0.2) is 4.79 Å². The van der Waals surface area contributed by atoms with Crippen LogP contribution in [0.3, 0.4) is 0 Å². The van der Waals surface area contributed by atoms with Gasteiger partial charge in [-0.1, -0.05) is 84.9 Å². The van der Waals surface area contributed by atoms with Crippen molar-refractivity contribution in [3.05, 3.63) is 108 Å². The topological polar surface area (TPSA) is 78.5 Å². The van der Waals surface area contributed by atoms with E-state index in [4.69, 9.17) is 0 Å². The molecule has 5 rings (SSSR count). The fourth-order valence-corrected chi connectivity index (χ4v) is 5.41. The third-order valence-corrected chi connectivity index (χ3v) is 7.45. The average molecular weight is 496 g/mol. The minimum Gasteiger partial charge on any atom is -0.324 e. The average Bonchev–Trinajstić information content (AvgIpc) is 3.12. The van der Waals surface area contributed by atoms with Crippen molar-refractivity contribution in [3.63, 3.8) is 0 Å². The Morgan fingerprint density at radius 3 is 2.42 bits per heavy atom. The quantitative estimate of drug-likeness (QED) is 0.261. The first kappa shape index (κ1) is 23.6. The molecule has 0 aliphatic carbocycles. The molecule has 4 amide bonds. The largest absolute Gasteiger partial charge is 0.325 e. The van der Waals surface area contributed by atoms with Gasteiger partial charge in [0.1, 0.15) is 12.1 Å². The molecule has 0 unspecified atom stereocenters. The van der Waals surface area contributed by atoms with Crippen LogP contribution in [0.15, 0.2) is 102 Å². The molecule has 0 bridgehead atoms. The van der Waals surface area contributed by atoms with Crippen molar-refractivity contribution in [2.45, 2.75) is 23.1 Å². The maximum atomic E-state index is 13.5. The van der Waals surface area contributed by atoms with Gasteiger partial charge in [0.05, 0.1) is 5.69 Å². The minimum atomic E-state index is -1.26. The van der Waals surface area contributed by atoms with Gasteiger partial charge in [0, 0.05) is 10.6 Å². The zero-order chi connectivity index (χ0) is 25.1. The van der Waals surface area contributed by atoms with Crippen molar-refractivity contribution in [1.82, 2.24) is 10.2 Å². The first-order chi connectivity index (χ1) is 17.5. The number of rotatable bonds is 7. The molecular formula is C29H25N3O3S. The fraction of sp³-hybridized carbons (Fsp3) is 0.138. The number of imide groups is 1. The molecule has 0 spiro atoms. The highest BCUT2D eigenvalue weighted by Gasteiger charge is 2.50. The Kier molecular flexibility index (Phi) is 6.48. The van der Waals surface area contributed by atoms with Crippen LogP contribution >= 0.6 is 11.8 Å². The summed E-state index contributed by atoms with van der Waals surface area (Å²) in [5.74, 6) is -0.136. The van der Waals surface area contributed by atoms with Gasteiger partial charge >= 0.3 is 6.03 Å². The Morgan fingerprint density at radius 1 is 0.889 bits per heavy atom. The number of para-hydroxylation sites is 1. The molecule has 0 radical (unpaired) electrons. The predicted molar refractivity (Wildman–Crippen MR) is 143 cm³/mol. The van der Waals surface area contributed by atoms with E-state index in [1.165, 1.54) is 5.56 Å². The molecule has 36 heavy (non-hydrogen) atoms. The van der Waals surface area contributed by atoms with Crippen LogP contribution in [0.4, 0.5) is 10.5 Å². The number of nitrogens with zero attached hydrogens (tertiary/aromatic N) is 1. The molecule has 1 heterocycles. The standard InChI is InChI=1S/C29H25N3O3S/c1-29(23-15-9-13-21-12-5-6-14-22(21)23)27(34)32(28(35)31-29)18-26(33)30-24-16-7-8-17-25(24)36-19-20-10-3-2-4-11-20/h2-17H,18-19H2,1H3,(H,30,33)(H,31,35)/t29-/m0/s1. The Hall–Kier alpha value is -4.10.